The molecular formula is C16H14Cl2N4O3. The number of rotatable bonds is 4. The molecule has 1 atom stereocenters. The maximum Gasteiger partial charge on any atom is 0.356 e. The van der Waals surface area contributed by atoms with Crippen LogP contribution in [0.2, 0.25) is 10.0 Å². The van der Waals surface area contributed by atoms with Crippen LogP contribution < -0.4 is 10.2 Å². The van der Waals surface area contributed by atoms with Crippen molar-refractivity contribution in [3.63, 3.8) is 0 Å². The van der Waals surface area contributed by atoms with Gasteiger partial charge in [-0.2, -0.15) is 0 Å². The van der Waals surface area contributed by atoms with E-state index < -0.39 is 11.9 Å². The molecule has 0 aliphatic carbocycles. The fraction of sp³-hybridized carbons (Fsp3) is 0.250. The Morgan fingerprint density at radius 2 is 1.92 bits per heavy atom. The largest absolute Gasteiger partial charge is 0.476 e. The first-order valence-electron chi connectivity index (χ1n) is 7.50. The van der Waals surface area contributed by atoms with Crippen LogP contribution >= 0.6 is 23.2 Å². The number of aromatic carboxylic acids is 1. The molecule has 1 aliphatic rings. The number of benzene rings is 1. The van der Waals surface area contributed by atoms with Gasteiger partial charge in [0.25, 0.3) is 5.91 Å². The summed E-state index contributed by atoms with van der Waals surface area (Å²) in [6.07, 6.45) is 2.97. The quantitative estimate of drug-likeness (QED) is 0.845. The van der Waals surface area contributed by atoms with Gasteiger partial charge >= 0.3 is 5.97 Å². The summed E-state index contributed by atoms with van der Waals surface area (Å²) in [5, 5.41) is 12.8. The number of nitrogens with zero attached hydrogens (tertiary/aromatic N) is 3. The lowest BCUT2D eigenvalue weighted by molar-refractivity contribution is 0.0689. The molecule has 9 heteroatoms. The van der Waals surface area contributed by atoms with E-state index in [0.717, 1.165) is 31.0 Å². The Kier molecular flexibility index (Phi) is 5.06. The number of halogens is 2. The van der Waals surface area contributed by atoms with Crippen molar-refractivity contribution in [2.24, 2.45) is 0 Å². The van der Waals surface area contributed by atoms with E-state index in [-0.39, 0.29) is 17.4 Å². The second-order valence-electron chi connectivity index (χ2n) is 5.59. The smallest absolute Gasteiger partial charge is 0.356 e. The van der Waals surface area contributed by atoms with Gasteiger partial charge in [-0.3, -0.25) is 4.79 Å². The topological polar surface area (TPSA) is 95.4 Å². The number of nitrogens with one attached hydrogen (secondary N) is 1. The number of aromatic nitrogens is 2. The zero-order chi connectivity index (χ0) is 18.0. The van der Waals surface area contributed by atoms with Crippen LogP contribution in [0.3, 0.4) is 0 Å². The van der Waals surface area contributed by atoms with E-state index in [0.29, 0.717) is 16.6 Å². The van der Waals surface area contributed by atoms with Crippen LogP contribution in [-0.4, -0.2) is 46.1 Å². The molecule has 1 fully saturated rings. The minimum absolute atomic E-state index is 0.0693. The SMILES string of the molecule is O=C(O)c1cnc(C(=O)NC2CCN(c3ccc(Cl)cc3Cl)C2)cn1. The van der Waals surface area contributed by atoms with E-state index >= 15 is 0 Å². The fourth-order valence-corrected chi connectivity index (χ4v) is 3.18. The Morgan fingerprint density at radius 3 is 2.56 bits per heavy atom. The molecule has 0 spiro atoms. The van der Waals surface area contributed by atoms with Crippen LogP contribution in [0.4, 0.5) is 5.69 Å². The van der Waals surface area contributed by atoms with Crippen LogP contribution in [0.5, 0.6) is 0 Å². The van der Waals surface area contributed by atoms with Crippen molar-refractivity contribution in [3.8, 4) is 0 Å². The van der Waals surface area contributed by atoms with E-state index in [1.54, 1.807) is 12.1 Å². The summed E-state index contributed by atoms with van der Waals surface area (Å²) in [6.45, 7) is 1.35. The Balaban J connectivity index is 1.62. The number of hydrogen-bond donors (Lipinski definition) is 2. The fourth-order valence-electron chi connectivity index (χ4n) is 2.65. The molecule has 1 unspecified atom stereocenters. The molecule has 2 aromatic rings. The summed E-state index contributed by atoms with van der Waals surface area (Å²) in [4.78, 5) is 32.6. The summed E-state index contributed by atoms with van der Waals surface area (Å²) >= 11 is 12.1. The molecule has 0 radical (unpaired) electrons. The van der Waals surface area contributed by atoms with Crippen LogP contribution in [0.1, 0.15) is 27.4 Å². The van der Waals surface area contributed by atoms with E-state index in [4.69, 9.17) is 28.3 Å². The van der Waals surface area contributed by atoms with Crippen molar-refractivity contribution in [3.05, 3.63) is 52.0 Å². The maximum absolute atomic E-state index is 12.2. The average Bonchev–Trinajstić information content (AvgIpc) is 3.03. The van der Waals surface area contributed by atoms with Crippen molar-refractivity contribution >= 4 is 40.8 Å². The molecular weight excluding hydrogens is 367 g/mol. The number of hydrogen-bond acceptors (Lipinski definition) is 5. The van der Waals surface area contributed by atoms with E-state index in [9.17, 15) is 9.59 Å². The van der Waals surface area contributed by atoms with Crippen LogP contribution in [0.15, 0.2) is 30.6 Å². The van der Waals surface area contributed by atoms with Gasteiger partial charge in [-0.1, -0.05) is 23.2 Å². The minimum atomic E-state index is -1.19. The molecule has 0 saturated carbocycles. The molecule has 130 valence electrons. The standard InChI is InChI=1S/C16H14Cl2N4O3/c17-9-1-2-14(11(18)5-9)22-4-3-10(8-22)21-15(23)12-6-20-13(7-19-12)16(24)25/h1-2,5-7,10H,3-4,8H2,(H,21,23)(H,24,25). The minimum Gasteiger partial charge on any atom is -0.476 e. The molecule has 1 amide bonds. The summed E-state index contributed by atoms with van der Waals surface area (Å²) in [6, 6.07) is 5.24. The van der Waals surface area contributed by atoms with E-state index in [1.807, 2.05) is 6.07 Å². The van der Waals surface area contributed by atoms with Gasteiger partial charge in [0, 0.05) is 24.2 Å². The van der Waals surface area contributed by atoms with Crippen molar-refractivity contribution in [2.45, 2.75) is 12.5 Å². The van der Waals surface area contributed by atoms with Gasteiger partial charge < -0.3 is 15.3 Å². The van der Waals surface area contributed by atoms with Gasteiger partial charge in [0.1, 0.15) is 5.69 Å². The Labute approximate surface area is 153 Å². The van der Waals surface area contributed by atoms with Crippen LogP contribution in [0.25, 0.3) is 0 Å². The van der Waals surface area contributed by atoms with Crippen molar-refractivity contribution in [2.75, 3.05) is 18.0 Å². The molecule has 1 aromatic heterocycles. The second kappa shape index (κ2) is 7.25. The zero-order valence-corrected chi connectivity index (χ0v) is 14.5. The monoisotopic (exact) mass is 380 g/mol. The third-order valence-electron chi connectivity index (χ3n) is 3.88. The predicted octanol–water partition coefficient (Wildman–Crippen LogP) is 2.49. The molecule has 2 heterocycles. The first kappa shape index (κ1) is 17.4. The second-order valence-corrected chi connectivity index (χ2v) is 6.44. The Bertz CT molecular complexity index is 814. The van der Waals surface area contributed by atoms with Gasteiger partial charge in [-0.25, -0.2) is 14.8 Å². The van der Waals surface area contributed by atoms with Gasteiger partial charge in [-0.15, -0.1) is 0 Å². The molecule has 25 heavy (non-hydrogen) atoms. The maximum atomic E-state index is 12.2. The Hall–Kier alpha value is -2.38. The third-order valence-corrected chi connectivity index (χ3v) is 4.42. The molecule has 0 bridgehead atoms. The lowest BCUT2D eigenvalue weighted by atomic mass is 10.2. The highest BCUT2D eigenvalue weighted by Crippen LogP contribution is 2.31. The molecule has 1 aliphatic heterocycles. The number of carbonyl (C=O) groups is 2. The van der Waals surface area contributed by atoms with Crippen LogP contribution in [-0.2, 0) is 0 Å². The first-order valence-corrected chi connectivity index (χ1v) is 8.26. The van der Waals surface area contributed by atoms with Gasteiger partial charge in [-0.05, 0) is 24.6 Å². The average molecular weight is 381 g/mol. The third kappa shape index (κ3) is 4.00. The molecule has 3 rings (SSSR count). The van der Waals surface area contributed by atoms with Gasteiger partial charge in [0.05, 0.1) is 23.1 Å². The van der Waals surface area contributed by atoms with Gasteiger partial charge in [0.15, 0.2) is 5.69 Å². The van der Waals surface area contributed by atoms with Crippen molar-refractivity contribution in [1.29, 1.82) is 0 Å². The van der Waals surface area contributed by atoms with E-state index in [2.05, 4.69) is 20.2 Å². The number of anilines is 1. The van der Waals surface area contributed by atoms with Crippen LogP contribution in [0, 0.1) is 0 Å². The number of amides is 1. The summed E-state index contributed by atoms with van der Waals surface area (Å²) in [7, 11) is 0. The lowest BCUT2D eigenvalue weighted by Gasteiger charge is -2.20. The van der Waals surface area contributed by atoms with E-state index in [1.165, 1.54) is 0 Å². The summed E-state index contributed by atoms with van der Waals surface area (Å²) in [5.41, 5.74) is 0.738. The highest BCUT2D eigenvalue weighted by Gasteiger charge is 2.26. The normalized spacial score (nSPS) is 16.7. The van der Waals surface area contributed by atoms with Crippen molar-refractivity contribution < 1.29 is 14.7 Å². The molecule has 1 aromatic carbocycles. The highest BCUT2D eigenvalue weighted by molar-refractivity contribution is 6.36. The van der Waals surface area contributed by atoms with Crippen molar-refractivity contribution in [1.82, 2.24) is 15.3 Å². The lowest BCUT2D eigenvalue weighted by Crippen LogP contribution is -2.37. The zero-order valence-electron chi connectivity index (χ0n) is 12.9. The Morgan fingerprint density at radius 1 is 1.20 bits per heavy atom. The predicted molar refractivity (Wildman–Crippen MR) is 93.5 cm³/mol. The number of carboxylic acid groups (broad SMARTS) is 1. The summed E-state index contributed by atoms with van der Waals surface area (Å²) < 4.78 is 0. The first-order chi connectivity index (χ1) is 11.9. The number of carbonyl (C=O) groups excluding carboxylic acids is 1. The molecule has 7 nitrogen and oxygen atoms in total. The highest BCUT2D eigenvalue weighted by atomic mass is 35.5. The van der Waals surface area contributed by atoms with Gasteiger partial charge in [0.2, 0.25) is 0 Å². The molecule has 1 saturated heterocycles. The molecule has 2 N–H and O–H groups in total. The summed E-state index contributed by atoms with van der Waals surface area (Å²) in [5.74, 6) is -1.58. The number of carboxylic acids is 1.